The van der Waals surface area contributed by atoms with Crippen LogP contribution in [0.15, 0.2) is 12.3 Å². The van der Waals surface area contributed by atoms with Gasteiger partial charge in [-0.2, -0.15) is 0 Å². The number of amides is 1. The maximum Gasteiger partial charge on any atom is 0.221 e. The first-order chi connectivity index (χ1) is 7.34. The third kappa shape index (κ3) is 2.43. The predicted molar refractivity (Wildman–Crippen MR) is 62.5 cm³/mol. The van der Waals surface area contributed by atoms with Crippen molar-refractivity contribution in [2.45, 2.75) is 33.7 Å². The highest BCUT2D eigenvalue weighted by Gasteiger charge is 2.37. The van der Waals surface area contributed by atoms with Crippen LogP contribution < -0.4 is 0 Å². The third-order valence-electron chi connectivity index (χ3n) is 2.93. The summed E-state index contributed by atoms with van der Waals surface area (Å²) in [5, 5.41) is 0. The van der Waals surface area contributed by atoms with Crippen molar-refractivity contribution in [3.63, 3.8) is 0 Å². The van der Waals surface area contributed by atoms with Gasteiger partial charge in [-0.25, -0.2) is 0 Å². The zero-order chi connectivity index (χ0) is 12.5. The highest BCUT2D eigenvalue weighted by Crippen LogP contribution is 2.20. The Hall–Kier alpha value is -1.32. The number of allylic oxidation sites excluding steroid dienone is 1. The van der Waals surface area contributed by atoms with Crippen LogP contribution in [-0.2, 0) is 9.59 Å². The van der Waals surface area contributed by atoms with Crippen molar-refractivity contribution in [1.29, 1.82) is 0 Å². The van der Waals surface area contributed by atoms with Crippen molar-refractivity contribution in [2.75, 3.05) is 13.2 Å². The van der Waals surface area contributed by atoms with Gasteiger partial charge in [0.25, 0.3) is 0 Å². The second-order valence-corrected chi connectivity index (χ2v) is 4.66. The van der Waals surface area contributed by atoms with Crippen molar-refractivity contribution in [1.82, 2.24) is 9.80 Å². The smallest absolute Gasteiger partial charge is 0.221 e. The van der Waals surface area contributed by atoms with Gasteiger partial charge in [0.05, 0.1) is 6.67 Å². The molecule has 1 aliphatic heterocycles. The van der Waals surface area contributed by atoms with E-state index in [1.165, 1.54) is 6.92 Å². The molecule has 0 aromatic carbocycles. The van der Waals surface area contributed by atoms with Crippen LogP contribution in [0, 0.1) is 5.92 Å². The van der Waals surface area contributed by atoms with Crippen molar-refractivity contribution in [3.05, 3.63) is 12.3 Å². The van der Waals surface area contributed by atoms with E-state index in [0.29, 0.717) is 13.2 Å². The van der Waals surface area contributed by atoms with Gasteiger partial charge in [-0.05, 0) is 6.92 Å². The van der Waals surface area contributed by atoms with Crippen molar-refractivity contribution in [2.24, 2.45) is 5.92 Å². The van der Waals surface area contributed by atoms with Gasteiger partial charge in [0, 0.05) is 25.1 Å². The normalized spacial score (nSPS) is 20.4. The number of hydrogen-bond acceptors (Lipinski definition) is 3. The summed E-state index contributed by atoms with van der Waals surface area (Å²) < 4.78 is 0. The predicted octanol–water partition coefficient (Wildman–Crippen LogP) is 1.24. The van der Waals surface area contributed by atoms with Crippen LogP contribution in [0.25, 0.3) is 0 Å². The third-order valence-corrected chi connectivity index (χ3v) is 2.93. The van der Waals surface area contributed by atoms with E-state index in [2.05, 4.69) is 6.58 Å². The average molecular weight is 224 g/mol. The lowest BCUT2D eigenvalue weighted by atomic mass is 10.0. The molecule has 1 saturated heterocycles. The highest BCUT2D eigenvalue weighted by atomic mass is 16.2. The lowest BCUT2D eigenvalue weighted by Gasteiger charge is -2.21. The summed E-state index contributed by atoms with van der Waals surface area (Å²) in [6.07, 6.45) is 0. The first-order valence-corrected chi connectivity index (χ1v) is 5.56. The Balaban J connectivity index is 2.85. The molecule has 4 nitrogen and oxygen atoms in total. The monoisotopic (exact) mass is 224 g/mol. The van der Waals surface area contributed by atoms with Crippen molar-refractivity contribution < 1.29 is 9.59 Å². The topological polar surface area (TPSA) is 40.6 Å². The number of ketones is 1. The van der Waals surface area contributed by atoms with Gasteiger partial charge >= 0.3 is 0 Å². The maximum atomic E-state index is 12.0. The first kappa shape index (κ1) is 12.7. The molecule has 0 aromatic rings. The molecule has 0 N–H and O–H groups in total. The zero-order valence-electron chi connectivity index (χ0n) is 10.5. The van der Waals surface area contributed by atoms with Gasteiger partial charge in [-0.3, -0.25) is 9.59 Å². The zero-order valence-corrected chi connectivity index (χ0v) is 10.5. The standard InChI is InChI=1S/C12H20N2O2/c1-8(2)12(16)11-6-13(9(3)4)7-14(11)10(5)15/h8,11H,3,6-7H2,1-2,4-5H3. The van der Waals surface area contributed by atoms with Gasteiger partial charge in [0.15, 0.2) is 5.78 Å². The molecule has 90 valence electrons. The lowest BCUT2D eigenvalue weighted by Crippen LogP contribution is -2.42. The van der Waals surface area contributed by atoms with E-state index >= 15 is 0 Å². The fraction of sp³-hybridized carbons (Fsp3) is 0.667. The number of hydrogen-bond donors (Lipinski definition) is 0. The molecule has 1 atom stereocenters. The molecule has 1 aliphatic rings. The van der Waals surface area contributed by atoms with E-state index in [9.17, 15) is 9.59 Å². The van der Waals surface area contributed by atoms with Gasteiger partial charge < -0.3 is 9.80 Å². The summed E-state index contributed by atoms with van der Waals surface area (Å²) in [7, 11) is 0. The van der Waals surface area contributed by atoms with Crippen LogP contribution >= 0.6 is 0 Å². The maximum absolute atomic E-state index is 12.0. The molecule has 0 saturated carbocycles. The summed E-state index contributed by atoms with van der Waals surface area (Å²) in [6, 6.07) is -0.311. The molecule has 1 amide bonds. The van der Waals surface area contributed by atoms with Gasteiger partial charge in [-0.1, -0.05) is 20.4 Å². The summed E-state index contributed by atoms with van der Waals surface area (Å²) in [4.78, 5) is 27.0. The Bertz CT molecular complexity index is 323. The minimum atomic E-state index is -0.311. The fourth-order valence-electron chi connectivity index (χ4n) is 1.87. The van der Waals surface area contributed by atoms with Crippen LogP contribution in [0.2, 0.25) is 0 Å². The molecule has 0 radical (unpaired) electrons. The number of nitrogens with zero attached hydrogens (tertiary/aromatic N) is 2. The molecule has 16 heavy (non-hydrogen) atoms. The molecule has 0 aromatic heterocycles. The molecule has 0 spiro atoms. The average Bonchev–Trinajstić information content (AvgIpc) is 2.60. The molecule has 1 fully saturated rings. The molecular formula is C12H20N2O2. The van der Waals surface area contributed by atoms with Crippen LogP contribution in [0.5, 0.6) is 0 Å². The number of Topliss-reactive ketones (excluding diaryl/α,β-unsaturated/α-hetero) is 1. The minimum absolute atomic E-state index is 0.0445. The van der Waals surface area contributed by atoms with Crippen LogP contribution in [0.3, 0.4) is 0 Å². The molecule has 1 heterocycles. The van der Waals surface area contributed by atoms with E-state index in [0.717, 1.165) is 5.70 Å². The summed E-state index contributed by atoms with van der Waals surface area (Å²) >= 11 is 0. The summed E-state index contributed by atoms with van der Waals surface area (Å²) in [5.41, 5.74) is 0.894. The number of carbonyl (C=O) groups excluding carboxylic acids is 2. The second-order valence-electron chi connectivity index (χ2n) is 4.66. The Kier molecular flexibility index (Phi) is 3.73. The van der Waals surface area contributed by atoms with Gasteiger partial charge in [-0.15, -0.1) is 0 Å². The summed E-state index contributed by atoms with van der Waals surface area (Å²) in [5.74, 6) is 0.0265. The minimum Gasteiger partial charge on any atom is -0.355 e. The van der Waals surface area contributed by atoms with E-state index in [4.69, 9.17) is 0 Å². The summed E-state index contributed by atoms with van der Waals surface area (Å²) in [6.45, 7) is 12.0. The van der Waals surface area contributed by atoms with Crippen LogP contribution in [0.4, 0.5) is 0 Å². The van der Waals surface area contributed by atoms with Gasteiger partial charge in [0.1, 0.15) is 6.04 Å². The SMILES string of the molecule is C=C(C)N1CC(C(=O)C(C)C)N(C(C)=O)C1. The van der Waals surface area contributed by atoms with E-state index in [-0.39, 0.29) is 23.7 Å². The molecule has 1 rings (SSSR count). The highest BCUT2D eigenvalue weighted by molar-refractivity contribution is 5.90. The molecular weight excluding hydrogens is 204 g/mol. The van der Waals surface area contributed by atoms with E-state index in [1.807, 2.05) is 25.7 Å². The lowest BCUT2D eigenvalue weighted by molar-refractivity contribution is -0.137. The number of rotatable bonds is 3. The Morgan fingerprint density at radius 1 is 1.31 bits per heavy atom. The Morgan fingerprint density at radius 2 is 1.88 bits per heavy atom. The Morgan fingerprint density at radius 3 is 2.25 bits per heavy atom. The van der Waals surface area contributed by atoms with Crippen molar-refractivity contribution in [3.8, 4) is 0 Å². The number of carbonyl (C=O) groups is 2. The fourth-order valence-corrected chi connectivity index (χ4v) is 1.87. The van der Waals surface area contributed by atoms with E-state index < -0.39 is 0 Å². The van der Waals surface area contributed by atoms with Crippen LogP contribution in [-0.4, -0.2) is 40.7 Å². The Labute approximate surface area is 96.9 Å². The molecule has 0 bridgehead atoms. The molecule has 0 aliphatic carbocycles. The first-order valence-electron chi connectivity index (χ1n) is 5.56. The van der Waals surface area contributed by atoms with Crippen molar-refractivity contribution >= 4 is 11.7 Å². The van der Waals surface area contributed by atoms with Crippen LogP contribution in [0.1, 0.15) is 27.7 Å². The quantitative estimate of drug-likeness (QED) is 0.724. The molecule has 1 unspecified atom stereocenters. The second kappa shape index (κ2) is 4.68. The van der Waals surface area contributed by atoms with Gasteiger partial charge in [0.2, 0.25) is 5.91 Å². The molecule has 4 heteroatoms. The van der Waals surface area contributed by atoms with E-state index in [1.54, 1.807) is 4.90 Å². The largest absolute Gasteiger partial charge is 0.355 e.